The highest BCUT2D eigenvalue weighted by Crippen LogP contribution is 2.33. The van der Waals surface area contributed by atoms with E-state index >= 15 is 0 Å². The van der Waals surface area contributed by atoms with Crippen LogP contribution in [-0.4, -0.2) is 35.0 Å². The van der Waals surface area contributed by atoms with Crippen molar-refractivity contribution in [3.05, 3.63) is 45.8 Å². The molecule has 6 heteroatoms. The number of likely N-dealkylation sites (tertiary alicyclic amines) is 1. The molecule has 1 heterocycles. The Morgan fingerprint density at radius 3 is 2.41 bits per heavy atom. The second-order valence-corrected chi connectivity index (χ2v) is 6.40. The molecule has 3 N–H and O–H groups in total. The number of carbonyl (C=O) groups excluding carboxylic acids is 1. The highest BCUT2D eigenvalue weighted by Gasteiger charge is 2.36. The zero-order chi connectivity index (χ0) is 16.3. The molecular formula is C16H21ClN2O2S. The third kappa shape index (κ3) is 3.66. The molecule has 1 saturated heterocycles. The Balaban J connectivity index is 2.06. The number of amides is 1. The number of benzene rings is 1. The number of piperidine rings is 1. The fourth-order valence-electron chi connectivity index (χ4n) is 2.68. The van der Waals surface area contributed by atoms with E-state index in [0.717, 1.165) is 5.56 Å². The average molecular weight is 341 g/mol. The Kier molecular flexibility index (Phi) is 5.55. The zero-order valence-corrected chi connectivity index (χ0v) is 14.1. The van der Waals surface area contributed by atoms with Gasteiger partial charge in [0.05, 0.1) is 5.60 Å². The fourth-order valence-corrected chi connectivity index (χ4v) is 3.15. The third-order valence-electron chi connectivity index (χ3n) is 4.14. The number of nitrogens with two attached hydrogens (primary N) is 1. The maximum atomic E-state index is 12.4. The quantitative estimate of drug-likeness (QED) is 0.584. The molecule has 120 valence electrons. The molecule has 0 aliphatic carbocycles. The zero-order valence-electron chi connectivity index (χ0n) is 12.5. The Bertz CT molecular complexity index is 564. The Hall–Kier alpha value is -1.01. The van der Waals surface area contributed by atoms with Crippen LogP contribution in [0.5, 0.6) is 0 Å². The van der Waals surface area contributed by atoms with Crippen LogP contribution in [0.25, 0.3) is 0 Å². The lowest BCUT2D eigenvalue weighted by Gasteiger charge is -2.39. The molecule has 0 spiro atoms. The summed E-state index contributed by atoms with van der Waals surface area (Å²) in [5, 5.41) is 12.9. The molecule has 0 aromatic heterocycles. The highest BCUT2D eigenvalue weighted by atomic mass is 35.5. The smallest absolute Gasteiger partial charge is 0.251 e. The first-order valence-corrected chi connectivity index (χ1v) is 8.14. The number of carbonyl (C=O) groups is 1. The van der Waals surface area contributed by atoms with E-state index in [1.54, 1.807) is 24.0 Å². The van der Waals surface area contributed by atoms with Gasteiger partial charge in [0.15, 0.2) is 0 Å². The van der Waals surface area contributed by atoms with Gasteiger partial charge in [0.1, 0.15) is 0 Å². The fraction of sp³-hybridized carbons (Fsp3) is 0.438. The summed E-state index contributed by atoms with van der Waals surface area (Å²) in [6, 6.07) is 6.85. The summed E-state index contributed by atoms with van der Waals surface area (Å²) in [5.74, 6) is -0.108. The third-order valence-corrected chi connectivity index (χ3v) is 4.67. The molecule has 1 atom stereocenters. The Labute approximate surface area is 141 Å². The monoisotopic (exact) mass is 340 g/mol. The van der Waals surface area contributed by atoms with Crippen molar-refractivity contribution in [1.82, 2.24) is 4.90 Å². The standard InChI is InChI=1S/C16H21ClN2O2S/c1-11(18)14(10-22)15(20)19-8-6-16(21,7-9-19)12-2-4-13(17)5-3-12/h2-5,10-11,21-22H,6-9,18H2,1H3/b14-10+. The molecule has 0 radical (unpaired) electrons. The number of thiol groups is 1. The molecule has 1 unspecified atom stereocenters. The second-order valence-electron chi connectivity index (χ2n) is 5.70. The van der Waals surface area contributed by atoms with E-state index in [9.17, 15) is 9.90 Å². The summed E-state index contributed by atoms with van der Waals surface area (Å²) in [7, 11) is 0. The summed E-state index contributed by atoms with van der Waals surface area (Å²) in [6.45, 7) is 2.72. The van der Waals surface area contributed by atoms with Crippen molar-refractivity contribution in [1.29, 1.82) is 0 Å². The van der Waals surface area contributed by atoms with Gasteiger partial charge >= 0.3 is 0 Å². The molecule has 22 heavy (non-hydrogen) atoms. The summed E-state index contributed by atoms with van der Waals surface area (Å²) >= 11 is 9.94. The predicted molar refractivity (Wildman–Crippen MR) is 91.9 cm³/mol. The van der Waals surface area contributed by atoms with Gasteiger partial charge in [-0.1, -0.05) is 23.7 Å². The molecule has 0 bridgehead atoms. The van der Waals surface area contributed by atoms with E-state index in [-0.39, 0.29) is 11.9 Å². The number of hydrogen-bond acceptors (Lipinski definition) is 4. The lowest BCUT2D eigenvalue weighted by atomic mass is 9.84. The van der Waals surface area contributed by atoms with Crippen molar-refractivity contribution in [3.63, 3.8) is 0 Å². The van der Waals surface area contributed by atoms with Gasteiger partial charge < -0.3 is 15.7 Å². The summed E-state index contributed by atoms with van der Waals surface area (Å²) < 4.78 is 0. The van der Waals surface area contributed by atoms with Crippen molar-refractivity contribution in [2.45, 2.75) is 31.4 Å². The molecule has 1 aromatic rings. The lowest BCUT2D eigenvalue weighted by molar-refractivity contribution is -0.131. The first kappa shape index (κ1) is 17.3. The van der Waals surface area contributed by atoms with Gasteiger partial charge in [-0.15, -0.1) is 0 Å². The van der Waals surface area contributed by atoms with Gasteiger partial charge in [-0.05, 0) is 42.9 Å². The number of rotatable bonds is 3. The van der Waals surface area contributed by atoms with E-state index in [1.807, 2.05) is 12.1 Å². The van der Waals surface area contributed by atoms with Crippen molar-refractivity contribution < 1.29 is 9.90 Å². The second kappa shape index (κ2) is 7.04. The maximum Gasteiger partial charge on any atom is 0.251 e. The minimum atomic E-state index is -0.916. The molecule has 1 aliphatic heterocycles. The number of halogens is 1. The van der Waals surface area contributed by atoms with Crippen molar-refractivity contribution in [2.75, 3.05) is 13.1 Å². The molecule has 4 nitrogen and oxygen atoms in total. The number of nitrogens with zero attached hydrogens (tertiary/aromatic N) is 1. The van der Waals surface area contributed by atoms with Crippen LogP contribution in [-0.2, 0) is 10.4 Å². The van der Waals surface area contributed by atoms with E-state index in [1.165, 1.54) is 5.41 Å². The molecular weight excluding hydrogens is 320 g/mol. The van der Waals surface area contributed by atoms with Crippen LogP contribution in [0, 0.1) is 0 Å². The molecule has 2 rings (SSSR count). The highest BCUT2D eigenvalue weighted by molar-refractivity contribution is 7.83. The van der Waals surface area contributed by atoms with Crippen LogP contribution in [0.1, 0.15) is 25.3 Å². The summed E-state index contributed by atoms with van der Waals surface area (Å²) in [5.41, 5.74) is 6.19. The summed E-state index contributed by atoms with van der Waals surface area (Å²) in [6.07, 6.45) is 0.971. The van der Waals surface area contributed by atoms with Crippen LogP contribution in [0.2, 0.25) is 5.02 Å². The van der Waals surface area contributed by atoms with E-state index < -0.39 is 5.60 Å². The van der Waals surface area contributed by atoms with Gasteiger partial charge in [0, 0.05) is 29.7 Å². The van der Waals surface area contributed by atoms with Gasteiger partial charge in [0.2, 0.25) is 0 Å². The van der Waals surface area contributed by atoms with Crippen molar-refractivity contribution in [2.24, 2.45) is 5.73 Å². The largest absolute Gasteiger partial charge is 0.385 e. The first-order valence-electron chi connectivity index (χ1n) is 7.25. The summed E-state index contributed by atoms with van der Waals surface area (Å²) in [4.78, 5) is 14.1. The average Bonchev–Trinajstić information content (AvgIpc) is 2.48. The van der Waals surface area contributed by atoms with Crippen molar-refractivity contribution in [3.8, 4) is 0 Å². The molecule has 1 amide bonds. The molecule has 1 aliphatic rings. The predicted octanol–water partition coefficient (Wildman–Crippen LogP) is 2.31. The van der Waals surface area contributed by atoms with Crippen LogP contribution in [0.15, 0.2) is 35.2 Å². The van der Waals surface area contributed by atoms with E-state index in [0.29, 0.717) is 36.5 Å². The molecule has 1 fully saturated rings. The van der Waals surface area contributed by atoms with Crippen LogP contribution < -0.4 is 5.73 Å². The van der Waals surface area contributed by atoms with Gasteiger partial charge in [-0.2, -0.15) is 12.6 Å². The normalized spacial score (nSPS) is 19.9. The van der Waals surface area contributed by atoms with E-state index in [2.05, 4.69) is 12.6 Å². The molecule has 1 aromatic carbocycles. The SMILES string of the molecule is CC(N)/C(=C\S)C(=O)N1CCC(O)(c2ccc(Cl)cc2)CC1. The van der Waals surface area contributed by atoms with Crippen LogP contribution >= 0.6 is 24.2 Å². The Morgan fingerprint density at radius 2 is 1.95 bits per heavy atom. The first-order chi connectivity index (χ1) is 10.4. The van der Waals surface area contributed by atoms with Gasteiger partial charge in [-0.3, -0.25) is 4.79 Å². The lowest BCUT2D eigenvalue weighted by Crippen LogP contribution is -2.47. The molecule has 0 saturated carbocycles. The maximum absolute atomic E-state index is 12.4. The van der Waals surface area contributed by atoms with Gasteiger partial charge in [-0.25, -0.2) is 0 Å². The van der Waals surface area contributed by atoms with Gasteiger partial charge in [0.25, 0.3) is 5.91 Å². The minimum Gasteiger partial charge on any atom is -0.385 e. The topological polar surface area (TPSA) is 66.6 Å². The number of hydrogen-bond donors (Lipinski definition) is 3. The van der Waals surface area contributed by atoms with Crippen molar-refractivity contribution >= 4 is 30.1 Å². The minimum absolute atomic E-state index is 0.108. The van der Waals surface area contributed by atoms with Crippen LogP contribution in [0.3, 0.4) is 0 Å². The van der Waals surface area contributed by atoms with Crippen LogP contribution in [0.4, 0.5) is 0 Å². The Morgan fingerprint density at radius 1 is 1.41 bits per heavy atom. The number of aliphatic hydroxyl groups is 1. The van der Waals surface area contributed by atoms with E-state index in [4.69, 9.17) is 17.3 Å².